The first-order chi connectivity index (χ1) is 13.1. The lowest BCUT2D eigenvalue weighted by Crippen LogP contribution is -1.96. The normalized spacial score (nSPS) is 15.8. The molecule has 1 aliphatic rings. The van der Waals surface area contributed by atoms with E-state index in [-0.39, 0.29) is 23.0 Å². The molecule has 138 valence electrons. The van der Waals surface area contributed by atoms with Gasteiger partial charge in [0, 0.05) is 16.7 Å². The van der Waals surface area contributed by atoms with Crippen LogP contribution in [0.4, 0.5) is 13.2 Å². The molecule has 0 saturated carbocycles. The average molecular weight is 368 g/mol. The van der Waals surface area contributed by atoms with Crippen LogP contribution in [0.5, 0.6) is 0 Å². The molecule has 0 aliphatic carbocycles. The highest BCUT2D eigenvalue weighted by Gasteiger charge is 2.30. The SMILES string of the molecule is CCCc1ccc(-c2ccc(-c3ccc(C4CO4)c(F)c3F)cc2)c(F)c1. The molecule has 0 radical (unpaired) electrons. The van der Waals surface area contributed by atoms with E-state index in [0.29, 0.717) is 23.3 Å². The van der Waals surface area contributed by atoms with Gasteiger partial charge in [0.05, 0.1) is 6.61 Å². The smallest absolute Gasteiger partial charge is 0.167 e. The number of rotatable bonds is 5. The van der Waals surface area contributed by atoms with Crippen molar-refractivity contribution in [1.29, 1.82) is 0 Å². The number of halogens is 3. The summed E-state index contributed by atoms with van der Waals surface area (Å²) >= 11 is 0. The summed E-state index contributed by atoms with van der Waals surface area (Å²) in [7, 11) is 0. The Hall–Kier alpha value is -2.59. The molecule has 1 fully saturated rings. The van der Waals surface area contributed by atoms with Gasteiger partial charge in [-0.25, -0.2) is 13.2 Å². The first kappa shape index (κ1) is 17.8. The lowest BCUT2D eigenvalue weighted by atomic mass is 9.97. The van der Waals surface area contributed by atoms with E-state index >= 15 is 0 Å². The van der Waals surface area contributed by atoms with E-state index in [4.69, 9.17) is 4.74 Å². The summed E-state index contributed by atoms with van der Waals surface area (Å²) in [5, 5.41) is 0. The monoisotopic (exact) mass is 368 g/mol. The van der Waals surface area contributed by atoms with Crippen molar-refractivity contribution >= 4 is 0 Å². The minimum Gasteiger partial charge on any atom is -0.368 e. The second kappa shape index (κ2) is 7.20. The van der Waals surface area contributed by atoms with Crippen molar-refractivity contribution in [3.8, 4) is 22.3 Å². The molecule has 27 heavy (non-hydrogen) atoms. The molecule has 4 heteroatoms. The molecule has 3 aromatic rings. The molecule has 0 spiro atoms. The molecule has 1 heterocycles. The van der Waals surface area contributed by atoms with Crippen molar-refractivity contribution in [2.75, 3.05) is 6.61 Å². The third kappa shape index (κ3) is 3.50. The van der Waals surface area contributed by atoms with E-state index in [0.717, 1.165) is 18.4 Å². The van der Waals surface area contributed by atoms with Gasteiger partial charge in [0.15, 0.2) is 11.6 Å². The van der Waals surface area contributed by atoms with Gasteiger partial charge in [-0.2, -0.15) is 0 Å². The number of ether oxygens (including phenoxy) is 1. The van der Waals surface area contributed by atoms with Crippen molar-refractivity contribution in [2.24, 2.45) is 0 Å². The van der Waals surface area contributed by atoms with Gasteiger partial charge < -0.3 is 4.74 Å². The molecule has 1 saturated heterocycles. The maximum atomic E-state index is 14.4. The summed E-state index contributed by atoms with van der Waals surface area (Å²) in [6, 6.07) is 15.2. The van der Waals surface area contributed by atoms with Crippen molar-refractivity contribution in [3.05, 3.63) is 83.2 Å². The number of epoxide rings is 1. The van der Waals surface area contributed by atoms with Crippen LogP contribution < -0.4 is 0 Å². The molecule has 1 nitrogen and oxygen atoms in total. The van der Waals surface area contributed by atoms with E-state index < -0.39 is 11.6 Å². The third-order valence-corrected chi connectivity index (χ3v) is 4.87. The fourth-order valence-electron chi connectivity index (χ4n) is 3.33. The lowest BCUT2D eigenvalue weighted by Gasteiger charge is -2.10. The Kier molecular flexibility index (Phi) is 4.75. The average Bonchev–Trinajstić information content (AvgIpc) is 3.50. The molecule has 0 amide bonds. The molecule has 1 aliphatic heterocycles. The zero-order valence-electron chi connectivity index (χ0n) is 14.9. The van der Waals surface area contributed by atoms with E-state index in [1.54, 1.807) is 48.5 Å². The van der Waals surface area contributed by atoms with Crippen molar-refractivity contribution in [3.63, 3.8) is 0 Å². The Bertz CT molecular complexity index is 976. The largest absolute Gasteiger partial charge is 0.368 e. The van der Waals surface area contributed by atoms with Crippen LogP contribution in [0.25, 0.3) is 22.3 Å². The summed E-state index contributed by atoms with van der Waals surface area (Å²) in [6.45, 7) is 2.48. The molecule has 1 atom stereocenters. The topological polar surface area (TPSA) is 12.5 Å². The fourth-order valence-corrected chi connectivity index (χ4v) is 3.33. The Morgan fingerprint density at radius 1 is 0.852 bits per heavy atom. The highest BCUT2D eigenvalue weighted by atomic mass is 19.2. The standard InChI is InChI=1S/C23H19F3O/c1-2-3-14-4-9-17(20(24)12-14)15-5-7-16(8-6-15)18-10-11-19(21-13-27-21)23(26)22(18)25/h4-12,21H,2-3,13H2,1H3. The van der Waals surface area contributed by atoms with Gasteiger partial charge in [-0.05, 0) is 29.2 Å². The zero-order chi connectivity index (χ0) is 19.0. The van der Waals surface area contributed by atoms with Crippen LogP contribution in [0.3, 0.4) is 0 Å². The molecular weight excluding hydrogens is 349 g/mol. The molecule has 1 unspecified atom stereocenters. The molecule has 0 N–H and O–H groups in total. The number of benzene rings is 3. The first-order valence-electron chi connectivity index (χ1n) is 9.07. The molecule has 0 bridgehead atoms. The predicted octanol–water partition coefficient (Wildman–Crippen LogP) is 6.46. The van der Waals surface area contributed by atoms with Gasteiger partial charge in [0.25, 0.3) is 0 Å². The molecule has 4 rings (SSSR count). The highest BCUT2D eigenvalue weighted by Crippen LogP contribution is 2.36. The Balaban J connectivity index is 1.64. The Morgan fingerprint density at radius 2 is 1.48 bits per heavy atom. The molecule has 0 aromatic heterocycles. The summed E-state index contributed by atoms with van der Waals surface area (Å²) in [6.07, 6.45) is 1.46. The second-order valence-electron chi connectivity index (χ2n) is 6.79. The van der Waals surface area contributed by atoms with Crippen LogP contribution in [0.2, 0.25) is 0 Å². The van der Waals surface area contributed by atoms with E-state index in [9.17, 15) is 13.2 Å². The summed E-state index contributed by atoms with van der Waals surface area (Å²) in [5.74, 6) is -2.03. The minimum atomic E-state index is -0.883. The van der Waals surface area contributed by atoms with Gasteiger partial charge in [-0.15, -0.1) is 0 Å². The van der Waals surface area contributed by atoms with Crippen molar-refractivity contribution in [1.82, 2.24) is 0 Å². The molecule has 3 aromatic carbocycles. The van der Waals surface area contributed by atoms with Crippen molar-refractivity contribution in [2.45, 2.75) is 25.9 Å². The van der Waals surface area contributed by atoms with E-state index in [1.165, 1.54) is 0 Å². The summed E-state index contributed by atoms with van der Waals surface area (Å²) in [5.41, 5.74) is 3.14. The second-order valence-corrected chi connectivity index (χ2v) is 6.79. The van der Waals surface area contributed by atoms with Crippen LogP contribution in [-0.2, 0) is 11.2 Å². The minimum absolute atomic E-state index is 0.183. The van der Waals surface area contributed by atoms with E-state index in [2.05, 4.69) is 6.92 Å². The Labute approximate surface area is 156 Å². The van der Waals surface area contributed by atoms with Crippen LogP contribution in [0.1, 0.15) is 30.6 Å². The van der Waals surface area contributed by atoms with E-state index in [1.807, 2.05) is 6.07 Å². The van der Waals surface area contributed by atoms with Gasteiger partial charge >= 0.3 is 0 Å². The number of hydrogen-bond donors (Lipinski definition) is 0. The maximum absolute atomic E-state index is 14.4. The highest BCUT2D eigenvalue weighted by molar-refractivity contribution is 5.71. The summed E-state index contributed by atoms with van der Waals surface area (Å²) in [4.78, 5) is 0. The fraction of sp³-hybridized carbons (Fsp3) is 0.217. The van der Waals surface area contributed by atoms with Crippen molar-refractivity contribution < 1.29 is 17.9 Å². The Morgan fingerprint density at radius 3 is 2.07 bits per heavy atom. The first-order valence-corrected chi connectivity index (χ1v) is 9.07. The maximum Gasteiger partial charge on any atom is 0.167 e. The number of aryl methyl sites for hydroxylation is 1. The van der Waals surface area contributed by atoms with Crippen LogP contribution in [0.15, 0.2) is 54.6 Å². The van der Waals surface area contributed by atoms with Gasteiger partial charge in [-0.3, -0.25) is 0 Å². The van der Waals surface area contributed by atoms with Crippen LogP contribution >= 0.6 is 0 Å². The van der Waals surface area contributed by atoms with Gasteiger partial charge in [0.2, 0.25) is 0 Å². The third-order valence-electron chi connectivity index (χ3n) is 4.87. The number of hydrogen-bond acceptors (Lipinski definition) is 1. The van der Waals surface area contributed by atoms with Gasteiger partial charge in [-0.1, -0.05) is 61.9 Å². The van der Waals surface area contributed by atoms with Crippen LogP contribution in [0, 0.1) is 17.5 Å². The summed E-state index contributed by atoms with van der Waals surface area (Å²) < 4.78 is 48.1. The lowest BCUT2D eigenvalue weighted by molar-refractivity contribution is 0.401. The quantitative estimate of drug-likeness (QED) is 0.471. The van der Waals surface area contributed by atoms with Gasteiger partial charge in [0.1, 0.15) is 11.9 Å². The molecular formula is C23H19F3O. The van der Waals surface area contributed by atoms with Crippen LogP contribution in [-0.4, -0.2) is 6.61 Å². The predicted molar refractivity (Wildman–Crippen MR) is 99.9 cm³/mol. The zero-order valence-corrected chi connectivity index (χ0v) is 14.9.